The summed E-state index contributed by atoms with van der Waals surface area (Å²) in [5.74, 6) is 1.60. The summed E-state index contributed by atoms with van der Waals surface area (Å²) >= 11 is 1.59. The topological polar surface area (TPSA) is 42.2 Å². The Labute approximate surface area is 106 Å². The van der Waals surface area contributed by atoms with Crippen LogP contribution in [0.25, 0.3) is 0 Å². The SMILES string of the molecule is COc1ccc(OC)c(SC2(C#N)CCC2)c1. The molecular formula is C13H15NO2S. The van der Waals surface area contributed by atoms with E-state index in [4.69, 9.17) is 9.47 Å². The molecule has 2 rings (SSSR count). The summed E-state index contributed by atoms with van der Waals surface area (Å²) in [7, 11) is 3.28. The minimum Gasteiger partial charge on any atom is -0.497 e. The van der Waals surface area contributed by atoms with Gasteiger partial charge in [-0.1, -0.05) is 11.8 Å². The molecule has 0 saturated heterocycles. The molecule has 0 radical (unpaired) electrons. The highest BCUT2D eigenvalue weighted by Crippen LogP contribution is 2.49. The van der Waals surface area contributed by atoms with Crippen molar-refractivity contribution in [3.8, 4) is 17.6 Å². The molecular weight excluding hydrogens is 234 g/mol. The van der Waals surface area contributed by atoms with E-state index in [-0.39, 0.29) is 4.75 Å². The number of hydrogen-bond acceptors (Lipinski definition) is 4. The Morgan fingerprint density at radius 3 is 2.53 bits per heavy atom. The fraction of sp³-hybridized carbons (Fsp3) is 0.462. The van der Waals surface area contributed by atoms with Crippen LogP contribution in [-0.4, -0.2) is 19.0 Å². The van der Waals surface area contributed by atoms with Crippen LogP contribution in [0.4, 0.5) is 0 Å². The predicted molar refractivity (Wildman–Crippen MR) is 67.6 cm³/mol. The van der Waals surface area contributed by atoms with E-state index in [1.807, 2.05) is 18.2 Å². The first-order valence-corrected chi connectivity index (χ1v) is 6.37. The van der Waals surface area contributed by atoms with Gasteiger partial charge < -0.3 is 9.47 Å². The van der Waals surface area contributed by atoms with Gasteiger partial charge in [0.2, 0.25) is 0 Å². The maximum absolute atomic E-state index is 9.25. The molecule has 0 aliphatic heterocycles. The molecule has 1 aliphatic carbocycles. The van der Waals surface area contributed by atoms with E-state index in [1.54, 1.807) is 26.0 Å². The zero-order valence-corrected chi connectivity index (χ0v) is 10.8. The summed E-state index contributed by atoms with van der Waals surface area (Å²) < 4.78 is 10.3. The molecule has 1 aromatic rings. The van der Waals surface area contributed by atoms with Crippen LogP contribution in [0.5, 0.6) is 11.5 Å². The monoisotopic (exact) mass is 249 g/mol. The maximum atomic E-state index is 9.25. The number of methoxy groups -OCH3 is 2. The van der Waals surface area contributed by atoms with Gasteiger partial charge in [0, 0.05) is 0 Å². The van der Waals surface area contributed by atoms with Crippen LogP contribution in [0.2, 0.25) is 0 Å². The van der Waals surface area contributed by atoms with E-state index in [2.05, 4.69) is 6.07 Å². The van der Waals surface area contributed by atoms with Crippen molar-refractivity contribution < 1.29 is 9.47 Å². The van der Waals surface area contributed by atoms with Gasteiger partial charge in [-0.25, -0.2) is 0 Å². The Morgan fingerprint density at radius 2 is 2.06 bits per heavy atom. The van der Waals surface area contributed by atoms with E-state index < -0.39 is 0 Å². The van der Waals surface area contributed by atoms with Crippen LogP contribution < -0.4 is 9.47 Å². The Hall–Kier alpha value is -1.34. The fourth-order valence-electron chi connectivity index (χ4n) is 1.81. The fourth-order valence-corrected chi connectivity index (χ4v) is 3.20. The van der Waals surface area contributed by atoms with Crippen molar-refractivity contribution in [1.82, 2.24) is 0 Å². The first kappa shape index (κ1) is 12.1. The molecule has 0 unspecified atom stereocenters. The average molecular weight is 249 g/mol. The third-order valence-electron chi connectivity index (χ3n) is 3.04. The van der Waals surface area contributed by atoms with Crippen LogP contribution in [0.3, 0.4) is 0 Å². The quantitative estimate of drug-likeness (QED) is 0.821. The largest absolute Gasteiger partial charge is 0.497 e. The van der Waals surface area contributed by atoms with Crippen molar-refractivity contribution >= 4 is 11.8 Å². The van der Waals surface area contributed by atoms with Gasteiger partial charge in [0.15, 0.2) is 0 Å². The summed E-state index contributed by atoms with van der Waals surface area (Å²) in [5.41, 5.74) is 0. The summed E-state index contributed by atoms with van der Waals surface area (Å²) in [6.07, 6.45) is 3.04. The molecule has 0 heterocycles. The molecule has 3 nitrogen and oxygen atoms in total. The molecule has 90 valence electrons. The maximum Gasteiger partial charge on any atom is 0.132 e. The third kappa shape index (κ3) is 2.34. The molecule has 0 N–H and O–H groups in total. The molecule has 1 aliphatic rings. The van der Waals surface area contributed by atoms with Crippen LogP contribution in [0.15, 0.2) is 23.1 Å². The molecule has 0 aromatic heterocycles. The Kier molecular flexibility index (Phi) is 3.49. The van der Waals surface area contributed by atoms with Crippen LogP contribution >= 0.6 is 11.8 Å². The number of nitriles is 1. The zero-order chi connectivity index (χ0) is 12.3. The number of benzene rings is 1. The Balaban J connectivity index is 2.27. The minimum absolute atomic E-state index is 0.264. The minimum atomic E-state index is -0.264. The molecule has 0 bridgehead atoms. The van der Waals surface area contributed by atoms with Crippen LogP contribution in [0.1, 0.15) is 19.3 Å². The van der Waals surface area contributed by atoms with Crippen molar-refractivity contribution in [2.75, 3.05) is 14.2 Å². The lowest BCUT2D eigenvalue weighted by Crippen LogP contribution is -2.31. The van der Waals surface area contributed by atoms with Crippen molar-refractivity contribution in [3.63, 3.8) is 0 Å². The molecule has 4 heteroatoms. The lowest BCUT2D eigenvalue weighted by Gasteiger charge is -2.34. The number of ether oxygens (including phenoxy) is 2. The van der Waals surface area contributed by atoms with E-state index in [1.165, 1.54) is 0 Å². The highest BCUT2D eigenvalue weighted by molar-refractivity contribution is 8.01. The normalized spacial score (nSPS) is 16.8. The van der Waals surface area contributed by atoms with Crippen molar-refractivity contribution in [1.29, 1.82) is 5.26 Å². The number of nitrogens with zero attached hydrogens (tertiary/aromatic N) is 1. The molecule has 0 atom stereocenters. The summed E-state index contributed by atoms with van der Waals surface area (Å²) in [6, 6.07) is 8.09. The van der Waals surface area contributed by atoms with Crippen LogP contribution in [-0.2, 0) is 0 Å². The van der Waals surface area contributed by atoms with Crippen molar-refractivity contribution in [2.24, 2.45) is 0 Å². The van der Waals surface area contributed by atoms with Gasteiger partial charge in [-0.05, 0) is 37.5 Å². The van der Waals surface area contributed by atoms with E-state index >= 15 is 0 Å². The van der Waals surface area contributed by atoms with Gasteiger partial charge in [-0.2, -0.15) is 5.26 Å². The first-order chi connectivity index (χ1) is 8.23. The number of rotatable bonds is 4. The lowest BCUT2D eigenvalue weighted by atomic mass is 9.86. The molecule has 1 aromatic carbocycles. The van der Waals surface area contributed by atoms with Gasteiger partial charge in [0.05, 0.1) is 25.2 Å². The average Bonchev–Trinajstić information content (AvgIpc) is 2.33. The van der Waals surface area contributed by atoms with Gasteiger partial charge in [0.1, 0.15) is 16.2 Å². The second-order valence-electron chi connectivity index (χ2n) is 4.08. The molecule has 1 fully saturated rings. The number of thioether (sulfide) groups is 1. The van der Waals surface area contributed by atoms with Crippen molar-refractivity contribution in [3.05, 3.63) is 18.2 Å². The molecule has 1 saturated carbocycles. The first-order valence-electron chi connectivity index (χ1n) is 5.55. The Bertz CT molecular complexity index is 449. The standard InChI is InChI=1S/C13H15NO2S/c1-15-10-4-5-11(16-2)12(8-10)17-13(9-14)6-3-7-13/h4-5,8H,3,6-7H2,1-2H3. The Morgan fingerprint density at radius 1 is 1.29 bits per heavy atom. The molecule has 0 amide bonds. The van der Waals surface area contributed by atoms with Crippen molar-refractivity contribution in [2.45, 2.75) is 28.9 Å². The second-order valence-corrected chi connectivity index (χ2v) is 5.50. The summed E-state index contributed by atoms with van der Waals surface area (Å²) in [6.45, 7) is 0. The van der Waals surface area contributed by atoms with E-state index in [9.17, 15) is 5.26 Å². The van der Waals surface area contributed by atoms with Gasteiger partial charge in [0.25, 0.3) is 0 Å². The lowest BCUT2D eigenvalue weighted by molar-refractivity contribution is 0.392. The highest BCUT2D eigenvalue weighted by atomic mass is 32.2. The predicted octanol–water partition coefficient (Wildman–Crippen LogP) is 3.24. The third-order valence-corrected chi connectivity index (χ3v) is 4.47. The van der Waals surface area contributed by atoms with E-state index in [0.29, 0.717) is 0 Å². The number of hydrogen-bond donors (Lipinski definition) is 0. The molecule has 17 heavy (non-hydrogen) atoms. The molecule has 0 spiro atoms. The zero-order valence-electron chi connectivity index (χ0n) is 10.0. The highest BCUT2D eigenvalue weighted by Gasteiger charge is 2.39. The summed E-state index contributed by atoms with van der Waals surface area (Å²) in [4.78, 5) is 0.980. The van der Waals surface area contributed by atoms with Crippen LogP contribution in [0, 0.1) is 11.3 Å². The van der Waals surface area contributed by atoms with E-state index in [0.717, 1.165) is 35.7 Å². The summed E-state index contributed by atoms with van der Waals surface area (Å²) in [5, 5.41) is 9.25. The van der Waals surface area contributed by atoms with Gasteiger partial charge >= 0.3 is 0 Å². The second kappa shape index (κ2) is 4.89. The smallest absolute Gasteiger partial charge is 0.132 e. The van der Waals surface area contributed by atoms with Gasteiger partial charge in [-0.15, -0.1) is 0 Å². The van der Waals surface area contributed by atoms with Gasteiger partial charge in [-0.3, -0.25) is 0 Å².